The fourth-order valence-corrected chi connectivity index (χ4v) is 5.04. The van der Waals surface area contributed by atoms with Crippen LogP contribution in [-0.2, 0) is 22.6 Å². The number of nitrogens with one attached hydrogen (secondary N) is 1. The summed E-state index contributed by atoms with van der Waals surface area (Å²) in [6.07, 6.45) is 7.38. The second-order valence-electron chi connectivity index (χ2n) is 8.83. The fraction of sp³-hybridized carbons (Fsp3) is 0.857. The zero-order chi connectivity index (χ0) is 19.5. The standard InChI is InChI=1S/C21H35N5O2.ClH/c1-3-18(28-17-6-4-5-15(2)13-17)21(27)25-10-7-16(8-11-25)20-24-23-19-14-22-9-12-26(19)20;/h15-18,22H,3-14H2,1-2H3;1H. The van der Waals surface area contributed by atoms with Crippen LogP contribution in [0.1, 0.15) is 76.4 Å². The molecule has 1 saturated carbocycles. The van der Waals surface area contributed by atoms with Crippen LogP contribution in [0.5, 0.6) is 0 Å². The van der Waals surface area contributed by atoms with Crippen LogP contribution in [0, 0.1) is 5.92 Å². The first-order chi connectivity index (χ1) is 13.7. The minimum absolute atomic E-state index is 0. The van der Waals surface area contributed by atoms with Crippen molar-refractivity contribution in [2.75, 3.05) is 19.6 Å². The van der Waals surface area contributed by atoms with E-state index in [-0.39, 0.29) is 30.5 Å². The third kappa shape index (κ3) is 5.12. The van der Waals surface area contributed by atoms with Crippen molar-refractivity contribution >= 4 is 18.3 Å². The molecule has 8 heteroatoms. The Balaban J connectivity index is 0.00000240. The molecule has 3 aliphatic rings. The second kappa shape index (κ2) is 10.2. The molecule has 3 heterocycles. The summed E-state index contributed by atoms with van der Waals surface area (Å²) in [5, 5.41) is 12.2. The minimum atomic E-state index is -0.279. The van der Waals surface area contributed by atoms with Gasteiger partial charge < -0.3 is 19.5 Å². The predicted molar refractivity (Wildman–Crippen MR) is 114 cm³/mol. The lowest BCUT2D eigenvalue weighted by atomic mass is 9.88. The van der Waals surface area contributed by atoms with Crippen LogP contribution in [0.25, 0.3) is 0 Å². The van der Waals surface area contributed by atoms with Crippen LogP contribution < -0.4 is 5.32 Å². The van der Waals surface area contributed by atoms with E-state index in [0.29, 0.717) is 11.8 Å². The molecule has 1 N–H and O–H groups in total. The maximum Gasteiger partial charge on any atom is 0.251 e. The van der Waals surface area contributed by atoms with Crippen LogP contribution in [-0.4, -0.2) is 57.4 Å². The Labute approximate surface area is 180 Å². The molecule has 0 aromatic carbocycles. The van der Waals surface area contributed by atoms with E-state index in [1.807, 2.05) is 4.90 Å². The smallest absolute Gasteiger partial charge is 0.251 e. The van der Waals surface area contributed by atoms with Gasteiger partial charge in [0.2, 0.25) is 0 Å². The largest absolute Gasteiger partial charge is 0.365 e. The van der Waals surface area contributed by atoms with E-state index >= 15 is 0 Å². The summed E-state index contributed by atoms with van der Waals surface area (Å²) in [5.41, 5.74) is 0. The lowest BCUT2D eigenvalue weighted by Gasteiger charge is -2.36. The number of amides is 1. The molecule has 1 aliphatic carbocycles. The number of ether oxygens (including phenoxy) is 1. The van der Waals surface area contributed by atoms with E-state index in [1.54, 1.807) is 0 Å². The van der Waals surface area contributed by atoms with Gasteiger partial charge >= 0.3 is 0 Å². The number of hydrogen-bond acceptors (Lipinski definition) is 5. The van der Waals surface area contributed by atoms with Crippen LogP contribution >= 0.6 is 12.4 Å². The summed E-state index contributed by atoms with van der Waals surface area (Å²) in [5.74, 6) is 3.46. The molecule has 0 bridgehead atoms. The molecule has 1 amide bonds. The van der Waals surface area contributed by atoms with Crippen LogP contribution in [0.15, 0.2) is 0 Å². The lowest BCUT2D eigenvalue weighted by molar-refractivity contribution is -0.151. The molecular weight excluding hydrogens is 390 g/mol. The zero-order valence-electron chi connectivity index (χ0n) is 17.8. The first-order valence-electron chi connectivity index (χ1n) is 11.2. The van der Waals surface area contributed by atoms with Gasteiger partial charge in [0.05, 0.1) is 12.6 Å². The molecule has 29 heavy (non-hydrogen) atoms. The van der Waals surface area contributed by atoms with E-state index in [9.17, 15) is 4.79 Å². The third-order valence-electron chi connectivity index (χ3n) is 6.71. The van der Waals surface area contributed by atoms with E-state index in [4.69, 9.17) is 4.74 Å². The Morgan fingerprint density at radius 2 is 2.00 bits per heavy atom. The van der Waals surface area contributed by atoms with Gasteiger partial charge in [-0.05, 0) is 38.0 Å². The van der Waals surface area contributed by atoms with E-state index < -0.39 is 0 Å². The van der Waals surface area contributed by atoms with E-state index in [2.05, 4.69) is 33.9 Å². The first kappa shape index (κ1) is 22.5. The van der Waals surface area contributed by atoms with Gasteiger partial charge in [0.25, 0.3) is 5.91 Å². The maximum atomic E-state index is 13.1. The molecule has 3 atom stereocenters. The Kier molecular flexibility index (Phi) is 7.93. The number of carbonyl (C=O) groups excluding carboxylic acids is 1. The number of likely N-dealkylation sites (tertiary alicyclic amines) is 1. The average Bonchev–Trinajstić information content (AvgIpc) is 3.16. The average molecular weight is 426 g/mol. The number of piperidine rings is 1. The Hall–Kier alpha value is -1.18. The molecule has 0 radical (unpaired) electrons. The third-order valence-corrected chi connectivity index (χ3v) is 6.71. The number of aromatic nitrogens is 3. The molecule has 164 valence electrons. The highest BCUT2D eigenvalue weighted by molar-refractivity contribution is 5.85. The maximum absolute atomic E-state index is 13.1. The molecule has 1 saturated heterocycles. The summed E-state index contributed by atoms with van der Waals surface area (Å²) in [7, 11) is 0. The van der Waals surface area contributed by atoms with Gasteiger partial charge in [0, 0.05) is 32.1 Å². The van der Waals surface area contributed by atoms with Gasteiger partial charge in [-0.2, -0.15) is 0 Å². The molecule has 4 rings (SSSR count). The topological polar surface area (TPSA) is 72.3 Å². The molecular formula is C21H36ClN5O2. The normalized spacial score (nSPS) is 26.5. The summed E-state index contributed by atoms with van der Waals surface area (Å²) < 4.78 is 8.55. The Morgan fingerprint density at radius 1 is 1.21 bits per heavy atom. The van der Waals surface area contributed by atoms with Crippen molar-refractivity contribution in [3.8, 4) is 0 Å². The molecule has 0 spiro atoms. The highest BCUT2D eigenvalue weighted by Gasteiger charge is 2.33. The number of halogens is 1. The Bertz CT molecular complexity index is 674. The number of fused-ring (bicyclic) bond motifs is 1. The molecule has 2 aliphatic heterocycles. The number of nitrogens with zero attached hydrogens (tertiary/aromatic N) is 4. The summed E-state index contributed by atoms with van der Waals surface area (Å²) in [4.78, 5) is 15.1. The van der Waals surface area contributed by atoms with Crippen molar-refractivity contribution in [3.63, 3.8) is 0 Å². The van der Waals surface area contributed by atoms with Crippen LogP contribution in [0.3, 0.4) is 0 Å². The van der Waals surface area contributed by atoms with Gasteiger partial charge in [0.1, 0.15) is 17.8 Å². The SMILES string of the molecule is CCC(OC1CCCC(C)C1)C(=O)N1CCC(c2nnc3n2CCNC3)CC1.Cl. The Morgan fingerprint density at radius 3 is 2.72 bits per heavy atom. The summed E-state index contributed by atoms with van der Waals surface area (Å²) in [6, 6.07) is 0. The van der Waals surface area contributed by atoms with Crippen LogP contribution in [0.2, 0.25) is 0 Å². The summed E-state index contributed by atoms with van der Waals surface area (Å²) in [6.45, 7) is 8.68. The molecule has 2 fully saturated rings. The highest BCUT2D eigenvalue weighted by Crippen LogP contribution is 2.30. The molecule has 1 aromatic heterocycles. The number of rotatable bonds is 5. The van der Waals surface area contributed by atoms with Gasteiger partial charge in [0.15, 0.2) is 0 Å². The quantitative estimate of drug-likeness (QED) is 0.785. The van der Waals surface area contributed by atoms with Crippen molar-refractivity contribution < 1.29 is 9.53 Å². The molecule has 7 nitrogen and oxygen atoms in total. The predicted octanol–water partition coefficient (Wildman–Crippen LogP) is 2.88. The van der Waals surface area contributed by atoms with Crippen molar-refractivity contribution in [2.24, 2.45) is 5.92 Å². The van der Waals surface area contributed by atoms with Crippen molar-refractivity contribution in [1.29, 1.82) is 0 Å². The van der Waals surface area contributed by atoms with Crippen molar-refractivity contribution in [3.05, 3.63) is 11.6 Å². The molecule has 1 aromatic rings. The van der Waals surface area contributed by atoms with Gasteiger partial charge in [-0.1, -0.05) is 26.7 Å². The first-order valence-corrected chi connectivity index (χ1v) is 11.2. The molecule has 3 unspecified atom stereocenters. The van der Waals surface area contributed by atoms with Crippen molar-refractivity contribution in [2.45, 2.75) is 90.0 Å². The van der Waals surface area contributed by atoms with Crippen LogP contribution in [0.4, 0.5) is 0 Å². The number of hydrogen-bond donors (Lipinski definition) is 1. The fourth-order valence-electron chi connectivity index (χ4n) is 5.04. The van der Waals surface area contributed by atoms with Gasteiger partial charge in [-0.15, -0.1) is 22.6 Å². The summed E-state index contributed by atoms with van der Waals surface area (Å²) >= 11 is 0. The monoisotopic (exact) mass is 425 g/mol. The second-order valence-corrected chi connectivity index (χ2v) is 8.83. The number of carbonyl (C=O) groups is 1. The highest BCUT2D eigenvalue weighted by atomic mass is 35.5. The minimum Gasteiger partial charge on any atom is -0.365 e. The van der Waals surface area contributed by atoms with E-state index in [1.165, 1.54) is 12.8 Å². The van der Waals surface area contributed by atoms with Gasteiger partial charge in [-0.25, -0.2) is 0 Å². The lowest BCUT2D eigenvalue weighted by Crippen LogP contribution is -2.46. The zero-order valence-corrected chi connectivity index (χ0v) is 18.6. The van der Waals surface area contributed by atoms with E-state index in [0.717, 1.165) is 76.5 Å². The van der Waals surface area contributed by atoms with Gasteiger partial charge in [-0.3, -0.25) is 4.79 Å². The van der Waals surface area contributed by atoms with Crippen molar-refractivity contribution in [1.82, 2.24) is 25.0 Å².